The second-order valence-corrected chi connectivity index (χ2v) is 18.5. The van der Waals surface area contributed by atoms with Crippen LogP contribution in [-0.2, 0) is 28.6 Å². The normalized spacial score (nSPS) is 12.9. The van der Waals surface area contributed by atoms with Crippen LogP contribution in [0.1, 0.15) is 252 Å². The molecule has 0 N–H and O–H groups in total. The van der Waals surface area contributed by atoms with Crippen molar-refractivity contribution in [3.05, 3.63) is 109 Å². The van der Waals surface area contributed by atoms with Gasteiger partial charge >= 0.3 is 17.9 Å². The number of carbonyl (C=O) groups excluding carboxylic acids is 3. The molecule has 0 bridgehead atoms. The van der Waals surface area contributed by atoms with Crippen molar-refractivity contribution in [3.8, 4) is 0 Å². The van der Waals surface area contributed by atoms with Crippen LogP contribution in [0.2, 0.25) is 0 Å². The Bertz CT molecular complexity index is 1420. The molecular weight excluding hydrogens is 853 g/mol. The number of carbonyl (C=O) groups is 3. The Hall–Kier alpha value is -3.93. The van der Waals surface area contributed by atoms with Gasteiger partial charge in [-0.2, -0.15) is 0 Å². The van der Waals surface area contributed by atoms with Gasteiger partial charge < -0.3 is 14.2 Å². The highest BCUT2D eigenvalue weighted by Crippen LogP contribution is 2.14. The zero-order valence-electron chi connectivity index (χ0n) is 44.8. The second kappa shape index (κ2) is 56.7. The van der Waals surface area contributed by atoms with Gasteiger partial charge in [-0.1, -0.05) is 233 Å². The Morgan fingerprint density at radius 2 is 0.565 bits per heavy atom. The maximum atomic E-state index is 12.8. The molecule has 0 spiro atoms. The maximum absolute atomic E-state index is 12.8. The van der Waals surface area contributed by atoms with Gasteiger partial charge in [0.15, 0.2) is 6.10 Å². The summed E-state index contributed by atoms with van der Waals surface area (Å²) >= 11 is 0. The van der Waals surface area contributed by atoms with Crippen LogP contribution in [0.4, 0.5) is 0 Å². The van der Waals surface area contributed by atoms with E-state index >= 15 is 0 Å². The zero-order chi connectivity index (χ0) is 50.0. The van der Waals surface area contributed by atoms with Crippen molar-refractivity contribution in [3.63, 3.8) is 0 Å². The molecule has 1 atom stereocenters. The summed E-state index contributed by atoms with van der Waals surface area (Å²) in [4.78, 5) is 38.0. The first kappa shape index (κ1) is 65.1. The van der Waals surface area contributed by atoms with Crippen molar-refractivity contribution in [2.75, 3.05) is 13.2 Å². The highest BCUT2D eigenvalue weighted by atomic mass is 16.6. The Morgan fingerprint density at radius 1 is 0.304 bits per heavy atom. The van der Waals surface area contributed by atoms with Gasteiger partial charge in [-0.25, -0.2) is 0 Å². The summed E-state index contributed by atoms with van der Waals surface area (Å²) in [5, 5.41) is 0. The number of unbranched alkanes of at least 4 members (excludes halogenated alkanes) is 21. The number of rotatable bonds is 50. The van der Waals surface area contributed by atoms with Crippen LogP contribution in [0.15, 0.2) is 109 Å². The Morgan fingerprint density at radius 3 is 0.913 bits per heavy atom. The minimum Gasteiger partial charge on any atom is -0.462 e. The zero-order valence-corrected chi connectivity index (χ0v) is 44.8. The van der Waals surface area contributed by atoms with E-state index in [1.807, 2.05) is 0 Å². The molecule has 0 fully saturated rings. The quantitative estimate of drug-likeness (QED) is 0.0262. The van der Waals surface area contributed by atoms with Gasteiger partial charge in [-0.3, -0.25) is 14.4 Å². The molecule has 6 nitrogen and oxygen atoms in total. The third-order valence-electron chi connectivity index (χ3n) is 11.8. The lowest BCUT2D eigenvalue weighted by atomic mass is 10.1. The summed E-state index contributed by atoms with van der Waals surface area (Å²) in [6.45, 7) is 6.45. The third kappa shape index (κ3) is 54.9. The molecule has 0 saturated heterocycles. The van der Waals surface area contributed by atoms with E-state index in [2.05, 4.69) is 130 Å². The number of allylic oxidation sites excluding steroid dienone is 18. The van der Waals surface area contributed by atoms with Crippen LogP contribution in [0.3, 0.4) is 0 Å². The number of esters is 3. The molecule has 6 heteroatoms. The predicted octanol–water partition coefficient (Wildman–Crippen LogP) is 19.1. The Balaban J connectivity index is 4.32. The third-order valence-corrected chi connectivity index (χ3v) is 11.8. The van der Waals surface area contributed by atoms with E-state index < -0.39 is 6.10 Å². The van der Waals surface area contributed by atoms with Gasteiger partial charge in [0.25, 0.3) is 0 Å². The lowest BCUT2D eigenvalue weighted by Crippen LogP contribution is -2.30. The van der Waals surface area contributed by atoms with E-state index in [0.717, 1.165) is 148 Å². The maximum Gasteiger partial charge on any atom is 0.306 e. The molecule has 0 aromatic rings. The fourth-order valence-corrected chi connectivity index (χ4v) is 7.51. The first-order valence-electron chi connectivity index (χ1n) is 28.4. The van der Waals surface area contributed by atoms with Gasteiger partial charge in [0, 0.05) is 19.3 Å². The van der Waals surface area contributed by atoms with E-state index in [-0.39, 0.29) is 31.1 Å². The second-order valence-electron chi connectivity index (χ2n) is 18.5. The molecule has 392 valence electrons. The molecule has 0 aromatic carbocycles. The van der Waals surface area contributed by atoms with Crippen molar-refractivity contribution in [1.29, 1.82) is 0 Å². The van der Waals surface area contributed by atoms with Crippen molar-refractivity contribution < 1.29 is 28.6 Å². The van der Waals surface area contributed by atoms with E-state index in [1.54, 1.807) is 0 Å². The molecule has 0 aromatic heterocycles. The number of hydrogen-bond donors (Lipinski definition) is 0. The fraction of sp³-hybridized carbons (Fsp3) is 0.667. The molecule has 0 radical (unpaired) electrons. The molecule has 0 aliphatic rings. The van der Waals surface area contributed by atoms with Gasteiger partial charge in [-0.05, 0) is 109 Å². The van der Waals surface area contributed by atoms with Crippen LogP contribution < -0.4 is 0 Å². The van der Waals surface area contributed by atoms with E-state index in [4.69, 9.17) is 14.2 Å². The molecule has 0 rings (SSSR count). The predicted molar refractivity (Wildman–Crippen MR) is 297 cm³/mol. The van der Waals surface area contributed by atoms with Gasteiger partial charge in [0.1, 0.15) is 13.2 Å². The van der Waals surface area contributed by atoms with Crippen LogP contribution in [-0.4, -0.2) is 37.2 Å². The molecule has 0 amide bonds. The van der Waals surface area contributed by atoms with Crippen molar-refractivity contribution in [1.82, 2.24) is 0 Å². The minimum absolute atomic E-state index is 0.0900. The number of hydrogen-bond acceptors (Lipinski definition) is 6. The summed E-state index contributed by atoms with van der Waals surface area (Å²) in [6.07, 6.45) is 76.5. The first-order valence-corrected chi connectivity index (χ1v) is 28.4. The summed E-state index contributed by atoms with van der Waals surface area (Å²) in [5.41, 5.74) is 0. The smallest absolute Gasteiger partial charge is 0.306 e. The van der Waals surface area contributed by atoms with Gasteiger partial charge in [0.2, 0.25) is 0 Å². The SMILES string of the molecule is CC/C=C\C/C=C\C/C=C\C/C=C\C/C=C\C/C=C\C/C=C\CCCCCCCC(=O)OCC(COC(=O)CCCCCCCCCCC)OC(=O)CCCCCCC/C=C\C/C=C\CCCCC. The standard InChI is InChI=1S/C63H104O6/c1-4-7-10-13-16-19-21-23-25-26-27-28-29-30-31-32-33-34-35-36-38-39-41-44-47-50-53-56-62(65)68-59-60(58-67-61(64)55-52-49-46-43-18-15-12-9-6-3)69-63(66)57-54-51-48-45-42-40-37-24-22-20-17-14-11-8-5-2/h7,10,16-17,19-20,23-25,27-28,30-31,33-34,36-38,60H,4-6,8-9,11-15,18,21-22,26,29,32,35,39-59H2,1-3H3/b10-7-,19-16-,20-17-,25-23-,28-27-,31-30-,34-33-,37-24-,38-36-. The summed E-state index contributed by atoms with van der Waals surface area (Å²) < 4.78 is 16.8. The molecule has 0 saturated carbocycles. The molecule has 0 aliphatic carbocycles. The first-order chi connectivity index (χ1) is 34.0. The van der Waals surface area contributed by atoms with Crippen LogP contribution in [0, 0.1) is 0 Å². The average Bonchev–Trinajstić information content (AvgIpc) is 3.35. The molecule has 1 unspecified atom stereocenters. The Labute approximate surface area is 425 Å². The largest absolute Gasteiger partial charge is 0.462 e. The number of ether oxygens (including phenoxy) is 3. The van der Waals surface area contributed by atoms with E-state index in [0.29, 0.717) is 19.3 Å². The van der Waals surface area contributed by atoms with Crippen molar-refractivity contribution in [2.24, 2.45) is 0 Å². The summed E-state index contributed by atoms with van der Waals surface area (Å²) in [5.74, 6) is -0.928. The summed E-state index contributed by atoms with van der Waals surface area (Å²) in [6, 6.07) is 0. The molecule has 0 heterocycles. The fourth-order valence-electron chi connectivity index (χ4n) is 7.51. The molecular formula is C63H104O6. The van der Waals surface area contributed by atoms with Gasteiger partial charge in [-0.15, -0.1) is 0 Å². The van der Waals surface area contributed by atoms with Crippen LogP contribution >= 0.6 is 0 Å². The topological polar surface area (TPSA) is 78.9 Å². The molecule has 69 heavy (non-hydrogen) atoms. The minimum atomic E-state index is -0.793. The van der Waals surface area contributed by atoms with E-state index in [9.17, 15) is 14.4 Å². The van der Waals surface area contributed by atoms with Crippen molar-refractivity contribution in [2.45, 2.75) is 258 Å². The highest BCUT2D eigenvalue weighted by molar-refractivity contribution is 5.71. The van der Waals surface area contributed by atoms with Crippen LogP contribution in [0.5, 0.6) is 0 Å². The highest BCUT2D eigenvalue weighted by Gasteiger charge is 2.19. The summed E-state index contributed by atoms with van der Waals surface area (Å²) in [7, 11) is 0. The monoisotopic (exact) mass is 957 g/mol. The lowest BCUT2D eigenvalue weighted by molar-refractivity contribution is -0.167. The molecule has 0 aliphatic heterocycles. The lowest BCUT2D eigenvalue weighted by Gasteiger charge is -2.18. The van der Waals surface area contributed by atoms with Gasteiger partial charge in [0.05, 0.1) is 0 Å². The van der Waals surface area contributed by atoms with Crippen LogP contribution in [0.25, 0.3) is 0 Å². The Kier molecular flexibility index (Phi) is 53.4. The van der Waals surface area contributed by atoms with Crippen molar-refractivity contribution >= 4 is 17.9 Å². The van der Waals surface area contributed by atoms with E-state index in [1.165, 1.54) is 64.2 Å². The average molecular weight is 958 g/mol.